The molecule has 0 aromatic heterocycles. The number of aromatic hydroxyl groups is 1. The Bertz CT molecular complexity index is 814. The van der Waals surface area contributed by atoms with Crippen LogP contribution in [0.3, 0.4) is 0 Å². The SMILES string of the molecule is Cc1cc2c(cc1O)C(=O)CC(C)(COc1ccc(CC(C)Cl)cc1)O2. The highest BCUT2D eigenvalue weighted by molar-refractivity contribution is 6.20. The lowest BCUT2D eigenvalue weighted by atomic mass is 9.91. The molecule has 0 fully saturated rings. The first-order valence-electron chi connectivity index (χ1n) is 8.67. The van der Waals surface area contributed by atoms with Gasteiger partial charge in [0.25, 0.3) is 0 Å². The first-order chi connectivity index (χ1) is 12.3. The van der Waals surface area contributed by atoms with E-state index in [9.17, 15) is 9.90 Å². The molecular formula is C21H23ClO4. The van der Waals surface area contributed by atoms with Crippen LogP contribution in [0.2, 0.25) is 0 Å². The quantitative estimate of drug-likeness (QED) is 0.772. The predicted molar refractivity (Wildman–Crippen MR) is 102 cm³/mol. The van der Waals surface area contributed by atoms with Crippen LogP contribution in [0.15, 0.2) is 36.4 Å². The van der Waals surface area contributed by atoms with E-state index < -0.39 is 5.60 Å². The third kappa shape index (κ3) is 4.13. The van der Waals surface area contributed by atoms with Crippen LogP contribution in [0, 0.1) is 6.92 Å². The lowest BCUT2D eigenvalue weighted by molar-refractivity contribution is 0.0189. The van der Waals surface area contributed by atoms with E-state index >= 15 is 0 Å². The Kier molecular flexibility index (Phi) is 5.15. The minimum atomic E-state index is -0.753. The molecule has 138 valence electrons. The van der Waals surface area contributed by atoms with Gasteiger partial charge in [0.2, 0.25) is 0 Å². The third-order valence-corrected chi connectivity index (χ3v) is 4.63. The molecule has 5 heteroatoms. The van der Waals surface area contributed by atoms with E-state index in [2.05, 4.69) is 0 Å². The zero-order chi connectivity index (χ0) is 18.9. The standard InChI is InChI=1S/C21H23ClO4/c1-13-8-20-17(10-18(13)23)19(24)11-21(3,26-20)12-25-16-6-4-15(5-7-16)9-14(2)22/h4-8,10,14,23H,9,11-12H2,1-3H3. The molecule has 0 aliphatic carbocycles. The molecule has 2 aromatic carbocycles. The highest BCUT2D eigenvalue weighted by Gasteiger charge is 2.38. The summed E-state index contributed by atoms with van der Waals surface area (Å²) in [5.74, 6) is 1.26. The third-order valence-electron chi connectivity index (χ3n) is 4.47. The Morgan fingerprint density at radius 3 is 2.65 bits per heavy atom. The number of halogens is 1. The molecule has 4 nitrogen and oxygen atoms in total. The average molecular weight is 375 g/mol. The second-order valence-electron chi connectivity index (χ2n) is 7.20. The van der Waals surface area contributed by atoms with Gasteiger partial charge < -0.3 is 14.6 Å². The fourth-order valence-corrected chi connectivity index (χ4v) is 3.25. The molecule has 2 aromatic rings. The van der Waals surface area contributed by atoms with Crippen molar-refractivity contribution in [3.8, 4) is 17.2 Å². The molecule has 1 N–H and O–H groups in total. The minimum Gasteiger partial charge on any atom is -0.508 e. The van der Waals surface area contributed by atoms with Gasteiger partial charge in [-0.25, -0.2) is 0 Å². The predicted octanol–water partition coefficient (Wildman–Crippen LogP) is 4.67. The second kappa shape index (κ2) is 7.20. The largest absolute Gasteiger partial charge is 0.508 e. The molecule has 0 amide bonds. The van der Waals surface area contributed by atoms with Crippen LogP contribution in [-0.2, 0) is 6.42 Å². The summed E-state index contributed by atoms with van der Waals surface area (Å²) in [6.45, 7) is 5.85. The minimum absolute atomic E-state index is 0.0564. The summed E-state index contributed by atoms with van der Waals surface area (Å²) in [6, 6.07) is 11.0. The van der Waals surface area contributed by atoms with E-state index in [0.29, 0.717) is 16.9 Å². The summed E-state index contributed by atoms with van der Waals surface area (Å²) in [7, 11) is 0. The van der Waals surface area contributed by atoms with Crippen LogP contribution in [0.5, 0.6) is 17.2 Å². The van der Waals surface area contributed by atoms with Gasteiger partial charge in [-0.3, -0.25) is 4.79 Å². The van der Waals surface area contributed by atoms with E-state index in [1.165, 1.54) is 6.07 Å². The van der Waals surface area contributed by atoms with E-state index in [-0.39, 0.29) is 29.9 Å². The van der Waals surface area contributed by atoms with Crippen molar-refractivity contribution < 1.29 is 19.4 Å². The van der Waals surface area contributed by atoms with Crippen molar-refractivity contribution in [2.45, 2.75) is 44.6 Å². The molecule has 3 rings (SSSR count). The number of benzene rings is 2. The molecule has 0 radical (unpaired) electrons. The van der Waals surface area contributed by atoms with Crippen LogP contribution in [-0.4, -0.2) is 28.5 Å². The Morgan fingerprint density at radius 2 is 2.00 bits per heavy atom. The first kappa shape index (κ1) is 18.6. The normalized spacial score (nSPS) is 20.2. The van der Waals surface area contributed by atoms with Crippen molar-refractivity contribution in [2.75, 3.05) is 6.61 Å². The Hall–Kier alpha value is -2.20. The lowest BCUT2D eigenvalue weighted by Gasteiger charge is -2.34. The zero-order valence-corrected chi connectivity index (χ0v) is 16.0. The molecular weight excluding hydrogens is 352 g/mol. The number of carbonyl (C=O) groups excluding carboxylic acids is 1. The highest BCUT2D eigenvalue weighted by Crippen LogP contribution is 2.37. The molecule has 0 spiro atoms. The number of alkyl halides is 1. The van der Waals surface area contributed by atoms with Gasteiger partial charge in [-0.1, -0.05) is 12.1 Å². The summed E-state index contributed by atoms with van der Waals surface area (Å²) < 4.78 is 11.9. The maximum atomic E-state index is 12.5. The molecule has 0 bridgehead atoms. The molecule has 1 aliphatic heterocycles. The molecule has 0 saturated carbocycles. The number of hydrogen-bond acceptors (Lipinski definition) is 4. The average Bonchev–Trinajstić information content (AvgIpc) is 2.56. The van der Waals surface area contributed by atoms with Crippen LogP contribution in [0.1, 0.15) is 41.8 Å². The van der Waals surface area contributed by atoms with Gasteiger partial charge in [0.05, 0.1) is 12.0 Å². The van der Waals surface area contributed by atoms with E-state index in [1.807, 2.05) is 38.1 Å². The number of phenols is 1. The van der Waals surface area contributed by atoms with Crippen molar-refractivity contribution in [3.05, 3.63) is 53.1 Å². The molecule has 0 saturated heterocycles. The molecule has 1 heterocycles. The van der Waals surface area contributed by atoms with Crippen molar-refractivity contribution in [1.82, 2.24) is 0 Å². The topological polar surface area (TPSA) is 55.8 Å². The first-order valence-corrected chi connectivity index (χ1v) is 9.11. The molecule has 1 aliphatic rings. The Labute approximate surface area is 158 Å². The van der Waals surface area contributed by atoms with Gasteiger partial charge >= 0.3 is 0 Å². The van der Waals surface area contributed by atoms with Gasteiger partial charge in [0.1, 0.15) is 29.5 Å². The number of hydrogen-bond donors (Lipinski definition) is 1. The molecule has 2 atom stereocenters. The summed E-state index contributed by atoms with van der Waals surface area (Å²) in [5.41, 5.74) is 1.49. The smallest absolute Gasteiger partial charge is 0.170 e. The van der Waals surface area contributed by atoms with Gasteiger partial charge in [-0.15, -0.1) is 11.6 Å². The fraction of sp³-hybridized carbons (Fsp3) is 0.381. The van der Waals surface area contributed by atoms with Crippen LogP contribution < -0.4 is 9.47 Å². The van der Waals surface area contributed by atoms with E-state index in [1.54, 1.807) is 13.0 Å². The fourth-order valence-electron chi connectivity index (χ4n) is 3.07. The van der Waals surface area contributed by atoms with Gasteiger partial charge in [-0.2, -0.15) is 0 Å². The summed E-state index contributed by atoms with van der Waals surface area (Å²) in [5, 5.41) is 9.90. The highest BCUT2D eigenvalue weighted by atomic mass is 35.5. The molecule has 26 heavy (non-hydrogen) atoms. The number of phenolic OH excluding ortho intramolecular Hbond substituents is 1. The van der Waals surface area contributed by atoms with Crippen molar-refractivity contribution in [2.24, 2.45) is 0 Å². The van der Waals surface area contributed by atoms with Crippen LogP contribution in [0.25, 0.3) is 0 Å². The number of ether oxygens (including phenoxy) is 2. The van der Waals surface area contributed by atoms with E-state index in [0.717, 1.165) is 17.7 Å². The van der Waals surface area contributed by atoms with Gasteiger partial charge in [0.15, 0.2) is 5.78 Å². The number of aryl methyl sites for hydroxylation is 1. The number of rotatable bonds is 5. The monoisotopic (exact) mass is 374 g/mol. The maximum absolute atomic E-state index is 12.5. The van der Waals surface area contributed by atoms with Gasteiger partial charge in [0, 0.05) is 5.38 Å². The van der Waals surface area contributed by atoms with Crippen molar-refractivity contribution in [1.29, 1.82) is 0 Å². The van der Waals surface area contributed by atoms with Crippen LogP contribution in [0.4, 0.5) is 0 Å². The number of Topliss-reactive ketones (excluding diaryl/α,β-unsaturated/α-hetero) is 1. The number of carbonyl (C=O) groups is 1. The van der Waals surface area contributed by atoms with Crippen molar-refractivity contribution >= 4 is 17.4 Å². The summed E-state index contributed by atoms with van der Waals surface area (Å²) in [4.78, 5) is 12.5. The zero-order valence-electron chi connectivity index (χ0n) is 15.2. The number of fused-ring (bicyclic) bond motifs is 1. The van der Waals surface area contributed by atoms with Crippen LogP contribution >= 0.6 is 11.6 Å². The lowest BCUT2D eigenvalue weighted by Crippen LogP contribution is -2.44. The molecule has 2 unspecified atom stereocenters. The summed E-state index contributed by atoms with van der Waals surface area (Å²) in [6.07, 6.45) is 1.00. The summed E-state index contributed by atoms with van der Waals surface area (Å²) >= 11 is 6.01. The van der Waals surface area contributed by atoms with Crippen molar-refractivity contribution in [3.63, 3.8) is 0 Å². The Morgan fingerprint density at radius 1 is 1.31 bits per heavy atom. The van der Waals surface area contributed by atoms with Gasteiger partial charge in [-0.05, 0) is 62.6 Å². The second-order valence-corrected chi connectivity index (χ2v) is 7.95. The Balaban J connectivity index is 1.70. The maximum Gasteiger partial charge on any atom is 0.170 e. The van der Waals surface area contributed by atoms with E-state index in [4.69, 9.17) is 21.1 Å². The number of ketones is 1.